The Kier molecular flexibility index (Phi) is 6.73. The maximum Gasteiger partial charge on any atom is 0.302 e. The molecule has 0 bridgehead atoms. The largest absolute Gasteiger partial charge is 0.462 e. The number of rotatable bonds is 5. The predicted molar refractivity (Wildman–Crippen MR) is 144 cm³/mol. The van der Waals surface area contributed by atoms with E-state index in [1.54, 1.807) is 12.5 Å². The molecule has 2 fully saturated rings. The molecule has 0 aromatic heterocycles. The number of carbonyl (C=O) groups is 1. The van der Waals surface area contributed by atoms with Gasteiger partial charge in [-0.25, -0.2) is 0 Å². The second-order valence-electron chi connectivity index (χ2n) is 14.6. The molecule has 3 nitrogen and oxygen atoms in total. The molecule has 4 rings (SSSR count). The normalized spacial score (nSPS) is 41.8. The van der Waals surface area contributed by atoms with Crippen molar-refractivity contribution in [1.29, 1.82) is 0 Å². The highest BCUT2D eigenvalue weighted by atomic mass is 16.5. The van der Waals surface area contributed by atoms with Crippen LogP contribution in [0.3, 0.4) is 0 Å². The van der Waals surface area contributed by atoms with Gasteiger partial charge in [0.15, 0.2) is 0 Å². The maximum absolute atomic E-state index is 11.8. The number of hydrogen-bond donors (Lipinski definition) is 1. The van der Waals surface area contributed by atoms with Crippen molar-refractivity contribution >= 4 is 5.97 Å². The van der Waals surface area contributed by atoms with Crippen molar-refractivity contribution in [3.8, 4) is 0 Å². The van der Waals surface area contributed by atoms with Gasteiger partial charge in [0.1, 0.15) is 6.10 Å². The monoisotopic (exact) mass is 484 g/mol. The molecule has 0 heterocycles. The quantitative estimate of drug-likeness (QED) is 0.317. The minimum Gasteiger partial charge on any atom is -0.462 e. The first-order valence-electron chi connectivity index (χ1n) is 14.4. The highest BCUT2D eigenvalue weighted by Gasteiger charge is 2.63. The lowest BCUT2D eigenvalue weighted by Crippen LogP contribution is -2.55. The fourth-order valence-corrected chi connectivity index (χ4v) is 9.76. The Morgan fingerprint density at radius 1 is 1.06 bits per heavy atom. The Labute approximate surface area is 215 Å². The van der Waals surface area contributed by atoms with E-state index in [0.717, 1.165) is 25.2 Å². The van der Waals surface area contributed by atoms with Gasteiger partial charge >= 0.3 is 5.97 Å². The van der Waals surface area contributed by atoms with Gasteiger partial charge in [-0.2, -0.15) is 0 Å². The van der Waals surface area contributed by atoms with E-state index >= 15 is 0 Å². The second kappa shape index (κ2) is 8.74. The summed E-state index contributed by atoms with van der Waals surface area (Å²) < 4.78 is 5.86. The van der Waals surface area contributed by atoms with Gasteiger partial charge in [-0.3, -0.25) is 4.79 Å². The average molecular weight is 485 g/mol. The van der Waals surface area contributed by atoms with Crippen LogP contribution in [-0.2, 0) is 9.53 Å². The summed E-state index contributed by atoms with van der Waals surface area (Å²) >= 11 is 0. The van der Waals surface area contributed by atoms with Gasteiger partial charge in [0.25, 0.3) is 0 Å². The Hall–Kier alpha value is -1.09. The van der Waals surface area contributed by atoms with E-state index in [1.807, 2.05) is 25.5 Å². The van der Waals surface area contributed by atoms with E-state index in [1.165, 1.54) is 38.5 Å². The van der Waals surface area contributed by atoms with Gasteiger partial charge in [-0.1, -0.05) is 64.8 Å². The zero-order valence-electron chi connectivity index (χ0n) is 24.1. The van der Waals surface area contributed by atoms with E-state index < -0.39 is 5.60 Å². The van der Waals surface area contributed by atoms with Crippen LogP contribution in [0.4, 0.5) is 0 Å². The highest BCUT2D eigenvalue weighted by molar-refractivity contribution is 5.66. The molecule has 3 heteroatoms. The number of ether oxygens (including phenoxy) is 1. The summed E-state index contributed by atoms with van der Waals surface area (Å²) in [7, 11) is 0. The van der Waals surface area contributed by atoms with Crippen molar-refractivity contribution in [2.24, 2.45) is 39.4 Å². The molecule has 2 saturated carbocycles. The first-order chi connectivity index (χ1) is 16.1. The van der Waals surface area contributed by atoms with Crippen LogP contribution in [0.15, 0.2) is 23.3 Å². The van der Waals surface area contributed by atoms with Gasteiger partial charge < -0.3 is 9.84 Å². The zero-order chi connectivity index (χ0) is 26.0. The number of allylic oxidation sites excluding steroid dienone is 3. The number of aliphatic hydroxyl groups is 1. The molecule has 0 aromatic carbocycles. The Bertz CT molecular complexity index is 904. The summed E-state index contributed by atoms with van der Waals surface area (Å²) in [5.41, 5.74) is 3.77. The zero-order valence-corrected chi connectivity index (χ0v) is 24.1. The lowest BCUT2D eigenvalue weighted by molar-refractivity contribution is -0.167. The predicted octanol–water partition coefficient (Wildman–Crippen LogP) is 8.02. The van der Waals surface area contributed by atoms with Crippen molar-refractivity contribution in [3.05, 3.63) is 23.3 Å². The van der Waals surface area contributed by atoms with Crippen LogP contribution >= 0.6 is 0 Å². The maximum atomic E-state index is 11.8. The standard InChI is InChI=1S/C32H52O3/c1-21(11-10-17-28(3,4)34)23-14-19-32(9)25-12-13-26-29(5,6)27(35-22(2)33)16-18-30(26,7)24(25)15-20-31(23,32)8/h10,17,21,23,26-27,34H,11-16,18-20H2,1-9H3/b17-10+/t21-,23-,26+,27+,30-,31-,32+/m1/s1. The van der Waals surface area contributed by atoms with Crippen molar-refractivity contribution < 1.29 is 14.6 Å². The fourth-order valence-electron chi connectivity index (χ4n) is 9.76. The van der Waals surface area contributed by atoms with Crippen LogP contribution < -0.4 is 0 Å². The van der Waals surface area contributed by atoms with E-state index in [9.17, 15) is 9.90 Å². The first-order valence-corrected chi connectivity index (χ1v) is 14.4. The van der Waals surface area contributed by atoms with E-state index in [0.29, 0.717) is 22.7 Å². The molecule has 4 aliphatic carbocycles. The Morgan fingerprint density at radius 2 is 1.74 bits per heavy atom. The third-order valence-corrected chi connectivity index (χ3v) is 11.8. The minimum absolute atomic E-state index is 0.0123. The number of carbonyl (C=O) groups excluding carboxylic acids is 1. The fraction of sp³-hybridized carbons (Fsp3) is 0.844. The van der Waals surface area contributed by atoms with Crippen molar-refractivity contribution in [2.45, 2.75) is 132 Å². The van der Waals surface area contributed by atoms with Gasteiger partial charge in [0.2, 0.25) is 0 Å². The third-order valence-electron chi connectivity index (χ3n) is 11.8. The number of fused-ring (bicyclic) bond motifs is 4. The van der Waals surface area contributed by atoms with Crippen molar-refractivity contribution in [3.63, 3.8) is 0 Å². The molecule has 0 spiro atoms. The van der Waals surface area contributed by atoms with Crippen LogP contribution in [-0.4, -0.2) is 22.8 Å². The van der Waals surface area contributed by atoms with E-state index in [-0.39, 0.29) is 22.9 Å². The molecular formula is C32H52O3. The van der Waals surface area contributed by atoms with Gasteiger partial charge in [0.05, 0.1) is 5.60 Å². The van der Waals surface area contributed by atoms with Gasteiger partial charge in [-0.05, 0) is 106 Å². The van der Waals surface area contributed by atoms with E-state index in [4.69, 9.17) is 4.74 Å². The molecule has 7 atom stereocenters. The van der Waals surface area contributed by atoms with Crippen LogP contribution in [0.2, 0.25) is 0 Å². The summed E-state index contributed by atoms with van der Waals surface area (Å²) in [5.74, 6) is 1.80. The molecule has 0 saturated heterocycles. The summed E-state index contributed by atoms with van der Waals surface area (Å²) in [6.45, 7) is 20.2. The Balaban J connectivity index is 1.62. The van der Waals surface area contributed by atoms with Crippen LogP contribution in [0.1, 0.15) is 120 Å². The molecule has 0 radical (unpaired) electrons. The molecule has 4 aliphatic rings. The molecule has 198 valence electrons. The summed E-state index contributed by atoms with van der Waals surface area (Å²) in [4.78, 5) is 11.8. The molecular weight excluding hydrogens is 432 g/mol. The lowest BCUT2D eigenvalue weighted by atomic mass is 9.43. The SMILES string of the molecule is CC(=O)O[C@H]1CC[C@]2(C)C3=C(CC[C@H]2C1(C)C)[C@]1(C)CC[C@H]([C@H](C)C/C=C/C(C)(C)O)[C@@]1(C)CC3. The lowest BCUT2D eigenvalue weighted by Gasteiger charge is -2.62. The smallest absolute Gasteiger partial charge is 0.302 e. The summed E-state index contributed by atoms with van der Waals surface area (Å²) in [6.07, 6.45) is 15.0. The van der Waals surface area contributed by atoms with Crippen LogP contribution in [0, 0.1) is 39.4 Å². The first kappa shape index (κ1) is 27.0. The van der Waals surface area contributed by atoms with Gasteiger partial charge in [-0.15, -0.1) is 0 Å². The van der Waals surface area contributed by atoms with Crippen molar-refractivity contribution in [2.75, 3.05) is 0 Å². The summed E-state index contributed by atoms with van der Waals surface area (Å²) in [5, 5.41) is 10.1. The molecule has 0 amide bonds. The van der Waals surface area contributed by atoms with E-state index in [2.05, 4.69) is 47.6 Å². The molecule has 0 aliphatic heterocycles. The number of esters is 1. The Morgan fingerprint density at radius 3 is 2.37 bits per heavy atom. The van der Waals surface area contributed by atoms with Crippen LogP contribution in [0.5, 0.6) is 0 Å². The minimum atomic E-state index is -0.727. The molecule has 0 unspecified atom stereocenters. The topological polar surface area (TPSA) is 46.5 Å². The van der Waals surface area contributed by atoms with Crippen molar-refractivity contribution in [1.82, 2.24) is 0 Å². The highest BCUT2D eigenvalue weighted by Crippen LogP contribution is 2.72. The molecule has 0 aromatic rings. The molecule has 35 heavy (non-hydrogen) atoms. The van der Waals surface area contributed by atoms with Gasteiger partial charge in [0, 0.05) is 12.3 Å². The second-order valence-corrected chi connectivity index (χ2v) is 14.6. The average Bonchev–Trinajstić information content (AvgIpc) is 3.00. The van der Waals surface area contributed by atoms with Crippen LogP contribution in [0.25, 0.3) is 0 Å². The molecule has 1 N–H and O–H groups in total. The summed E-state index contributed by atoms with van der Waals surface area (Å²) in [6, 6.07) is 0. The number of hydrogen-bond acceptors (Lipinski definition) is 3. The third kappa shape index (κ3) is 4.26.